The fourth-order valence-electron chi connectivity index (χ4n) is 4.02. The van der Waals surface area contributed by atoms with Gasteiger partial charge in [-0.1, -0.05) is 23.7 Å². The van der Waals surface area contributed by atoms with E-state index in [-0.39, 0.29) is 35.6 Å². The lowest BCUT2D eigenvalue weighted by Gasteiger charge is -2.30. The Bertz CT molecular complexity index is 1370. The average molecular weight is 531 g/mol. The van der Waals surface area contributed by atoms with Crippen molar-refractivity contribution in [2.75, 3.05) is 37.5 Å². The van der Waals surface area contributed by atoms with Crippen LogP contribution in [0, 0.1) is 17.1 Å². The van der Waals surface area contributed by atoms with Gasteiger partial charge in [-0.05, 0) is 42.3 Å². The summed E-state index contributed by atoms with van der Waals surface area (Å²) in [5.41, 5.74) is 1.84. The van der Waals surface area contributed by atoms with Gasteiger partial charge in [-0.3, -0.25) is 9.59 Å². The zero-order valence-electron chi connectivity index (χ0n) is 19.8. The molecule has 11 heteroatoms. The average Bonchev–Trinajstić information content (AvgIpc) is 2.84. The van der Waals surface area contributed by atoms with Gasteiger partial charge in [0.1, 0.15) is 5.82 Å². The third kappa shape index (κ3) is 5.61. The van der Waals surface area contributed by atoms with Gasteiger partial charge in [-0.2, -0.15) is 9.94 Å². The Morgan fingerprint density at radius 1 is 1.25 bits per heavy atom. The SMILES string of the molecule is CN(C)n1c(NCCc2ccc(Cl)cc2)nc2c(c1=O)CN(C(=O)c1ccc(C#N)cc1F)CC2.Cl. The molecule has 0 unspecified atom stereocenters. The quantitative estimate of drug-likeness (QED) is 0.525. The van der Waals surface area contributed by atoms with Crippen LogP contribution in [0.5, 0.6) is 0 Å². The molecule has 1 amide bonds. The number of benzene rings is 2. The number of halogens is 3. The fourth-order valence-corrected chi connectivity index (χ4v) is 4.15. The van der Waals surface area contributed by atoms with Crippen LogP contribution in [0.3, 0.4) is 0 Å². The van der Waals surface area contributed by atoms with Gasteiger partial charge in [0.05, 0.1) is 35.0 Å². The lowest BCUT2D eigenvalue weighted by atomic mass is 10.0. The third-order valence-electron chi connectivity index (χ3n) is 5.83. The highest BCUT2D eigenvalue weighted by atomic mass is 35.5. The van der Waals surface area contributed by atoms with Gasteiger partial charge in [-0.25, -0.2) is 9.37 Å². The fraction of sp³-hybridized carbons (Fsp3) is 0.280. The molecule has 2 aromatic carbocycles. The number of anilines is 1. The minimum absolute atomic E-state index is 0. The van der Waals surface area contributed by atoms with Gasteiger partial charge in [-0.15, -0.1) is 12.4 Å². The maximum absolute atomic E-state index is 14.4. The summed E-state index contributed by atoms with van der Waals surface area (Å²) in [6.45, 7) is 0.884. The highest BCUT2D eigenvalue weighted by Crippen LogP contribution is 2.20. The second-order valence-corrected chi connectivity index (χ2v) is 8.85. The van der Waals surface area contributed by atoms with E-state index in [0.29, 0.717) is 41.7 Å². The molecule has 0 spiro atoms. The summed E-state index contributed by atoms with van der Waals surface area (Å²) >= 11 is 5.94. The Hall–Kier alpha value is -3.61. The Morgan fingerprint density at radius 3 is 2.61 bits per heavy atom. The Morgan fingerprint density at radius 2 is 1.97 bits per heavy atom. The molecule has 0 atom stereocenters. The van der Waals surface area contributed by atoms with Crippen LogP contribution in [0.25, 0.3) is 0 Å². The first-order chi connectivity index (χ1) is 16.8. The number of nitrogens with one attached hydrogen (secondary N) is 1. The summed E-state index contributed by atoms with van der Waals surface area (Å²) < 4.78 is 15.8. The molecule has 0 radical (unpaired) electrons. The summed E-state index contributed by atoms with van der Waals surface area (Å²) in [6, 6.07) is 13.2. The Labute approximate surface area is 219 Å². The number of nitriles is 1. The molecule has 8 nitrogen and oxygen atoms in total. The minimum Gasteiger partial charge on any atom is -0.354 e. The molecule has 0 saturated heterocycles. The molecule has 188 valence electrons. The molecule has 1 N–H and O–H groups in total. The van der Waals surface area contributed by atoms with Crippen molar-refractivity contribution in [2.24, 2.45) is 0 Å². The largest absolute Gasteiger partial charge is 0.354 e. The Kier molecular flexibility index (Phi) is 8.56. The summed E-state index contributed by atoms with van der Waals surface area (Å²) in [7, 11) is 3.47. The third-order valence-corrected chi connectivity index (χ3v) is 6.09. The van der Waals surface area contributed by atoms with Crippen molar-refractivity contribution in [3.63, 3.8) is 0 Å². The van der Waals surface area contributed by atoms with Crippen LogP contribution in [-0.4, -0.2) is 47.7 Å². The standard InChI is InChI=1S/C25H24ClFN6O2.ClH/c1-31(2)33-24(35)20-15-32(23(34)19-8-5-17(14-28)13-21(19)27)12-10-22(20)30-25(33)29-11-9-16-3-6-18(26)7-4-16;/h3-8,13H,9-12,15H2,1-2H3,(H,29,30);1H. The van der Waals surface area contributed by atoms with Crippen LogP contribution in [0.15, 0.2) is 47.3 Å². The number of hydrogen-bond donors (Lipinski definition) is 1. The summed E-state index contributed by atoms with van der Waals surface area (Å²) in [5, 5.41) is 14.5. The number of nitrogens with zero attached hydrogens (tertiary/aromatic N) is 5. The van der Waals surface area contributed by atoms with Gasteiger partial charge >= 0.3 is 0 Å². The molecule has 0 fully saturated rings. The van der Waals surface area contributed by atoms with Crippen LogP contribution in [0.1, 0.15) is 32.7 Å². The number of hydrogen-bond acceptors (Lipinski definition) is 6. The first-order valence-electron chi connectivity index (χ1n) is 11.1. The number of aromatic nitrogens is 2. The van der Waals surface area contributed by atoms with E-state index in [1.807, 2.05) is 30.3 Å². The van der Waals surface area contributed by atoms with Crippen LogP contribution in [-0.2, 0) is 19.4 Å². The van der Waals surface area contributed by atoms with Gasteiger partial charge in [0.2, 0.25) is 5.95 Å². The molecule has 1 aromatic heterocycles. The van der Waals surface area contributed by atoms with E-state index in [0.717, 1.165) is 18.1 Å². The van der Waals surface area contributed by atoms with Gasteiger partial charge in [0.15, 0.2) is 0 Å². The molecule has 0 aliphatic carbocycles. The summed E-state index contributed by atoms with van der Waals surface area (Å²) in [4.78, 5) is 32.5. The number of fused-ring (bicyclic) bond motifs is 1. The van der Waals surface area contributed by atoms with E-state index in [1.165, 1.54) is 21.7 Å². The van der Waals surface area contributed by atoms with Crippen LogP contribution in [0.4, 0.5) is 10.3 Å². The van der Waals surface area contributed by atoms with E-state index in [9.17, 15) is 14.0 Å². The number of carbonyl (C=O) groups excluding carboxylic acids is 1. The molecule has 0 saturated carbocycles. The maximum Gasteiger partial charge on any atom is 0.278 e. The minimum atomic E-state index is -0.760. The Balaban J connectivity index is 0.00000361. The number of rotatable bonds is 6. The van der Waals surface area contributed by atoms with Crippen molar-refractivity contribution in [1.82, 2.24) is 14.6 Å². The zero-order chi connectivity index (χ0) is 25.1. The summed E-state index contributed by atoms with van der Waals surface area (Å²) in [5.74, 6) is -0.867. The summed E-state index contributed by atoms with van der Waals surface area (Å²) in [6.07, 6.45) is 1.09. The van der Waals surface area contributed by atoms with Crippen molar-refractivity contribution in [1.29, 1.82) is 5.26 Å². The molecule has 1 aliphatic rings. The first kappa shape index (κ1) is 27.0. The lowest BCUT2D eigenvalue weighted by molar-refractivity contribution is 0.0727. The molecule has 3 aromatic rings. The van der Waals surface area contributed by atoms with E-state index in [4.69, 9.17) is 16.9 Å². The van der Waals surface area contributed by atoms with E-state index >= 15 is 0 Å². The maximum atomic E-state index is 14.4. The smallest absolute Gasteiger partial charge is 0.278 e. The van der Waals surface area contributed by atoms with Crippen LogP contribution in [0.2, 0.25) is 5.02 Å². The van der Waals surface area contributed by atoms with Crippen LogP contribution >= 0.6 is 24.0 Å². The van der Waals surface area contributed by atoms with Gasteiger partial charge in [0.25, 0.3) is 11.5 Å². The molecular weight excluding hydrogens is 506 g/mol. The van der Waals surface area contributed by atoms with Crippen molar-refractivity contribution in [3.05, 3.63) is 91.6 Å². The highest BCUT2D eigenvalue weighted by Gasteiger charge is 2.28. The van der Waals surface area contributed by atoms with Crippen molar-refractivity contribution >= 4 is 35.9 Å². The zero-order valence-corrected chi connectivity index (χ0v) is 21.4. The second-order valence-electron chi connectivity index (χ2n) is 8.41. The van der Waals surface area contributed by atoms with E-state index < -0.39 is 11.7 Å². The number of carbonyl (C=O) groups is 1. The van der Waals surface area contributed by atoms with Crippen molar-refractivity contribution in [2.45, 2.75) is 19.4 Å². The highest BCUT2D eigenvalue weighted by molar-refractivity contribution is 6.30. The first-order valence-corrected chi connectivity index (χ1v) is 11.5. The molecule has 1 aliphatic heterocycles. The van der Waals surface area contributed by atoms with E-state index in [2.05, 4.69) is 10.3 Å². The predicted octanol–water partition coefficient (Wildman–Crippen LogP) is 3.38. The molecule has 0 bridgehead atoms. The van der Waals surface area contributed by atoms with Crippen molar-refractivity contribution < 1.29 is 9.18 Å². The van der Waals surface area contributed by atoms with Gasteiger partial charge < -0.3 is 15.2 Å². The van der Waals surface area contributed by atoms with Crippen molar-refractivity contribution in [3.8, 4) is 6.07 Å². The predicted molar refractivity (Wildman–Crippen MR) is 139 cm³/mol. The molecule has 36 heavy (non-hydrogen) atoms. The second kappa shape index (κ2) is 11.4. The number of amides is 1. The topological polar surface area (TPSA) is 94.3 Å². The molecular formula is C25H25Cl2FN6O2. The van der Waals surface area contributed by atoms with Crippen LogP contribution < -0.4 is 15.9 Å². The molecule has 2 heterocycles. The lowest BCUT2D eigenvalue weighted by Crippen LogP contribution is -2.45. The molecule has 4 rings (SSSR count). The monoisotopic (exact) mass is 530 g/mol. The normalized spacial score (nSPS) is 12.2. The van der Waals surface area contributed by atoms with E-state index in [1.54, 1.807) is 19.1 Å². The van der Waals surface area contributed by atoms with Gasteiger partial charge in [0, 0.05) is 38.6 Å².